The molecule has 1 unspecified atom stereocenters. The van der Waals surface area contributed by atoms with Gasteiger partial charge in [0.1, 0.15) is 0 Å². The molecule has 0 saturated carbocycles. The van der Waals surface area contributed by atoms with E-state index >= 15 is 0 Å². The quantitative estimate of drug-likeness (QED) is 0.237. The smallest absolute Gasteiger partial charge is 0.336 e. The van der Waals surface area contributed by atoms with Crippen molar-refractivity contribution < 1.29 is 24.0 Å². The molecule has 0 saturated heterocycles. The number of nitrogens with zero attached hydrogens (tertiary/aromatic N) is 2. The van der Waals surface area contributed by atoms with Crippen LogP contribution < -0.4 is 5.32 Å². The molecule has 0 spiro atoms. The third-order valence-corrected chi connectivity index (χ3v) is 6.71. The number of nitro benzene ring substituents is 1. The van der Waals surface area contributed by atoms with Crippen LogP contribution in [0.5, 0.6) is 0 Å². The van der Waals surface area contributed by atoms with Gasteiger partial charge in [0.25, 0.3) is 5.69 Å². The third-order valence-electron chi connectivity index (χ3n) is 6.47. The number of hydrogen-bond donors (Lipinski definition) is 1. The van der Waals surface area contributed by atoms with E-state index in [9.17, 15) is 19.7 Å². The SMILES string of the molecule is COC(=O)C1=C(C)NC(C)=C(C(=O)OCC(C)(C)CN(C)Cc2ccccc2)C1c1cc(Cl)ccc1[N+](=O)[O-]. The number of carbonyl (C=O) groups is 2. The number of rotatable bonds is 10. The molecule has 0 amide bonds. The summed E-state index contributed by atoms with van der Waals surface area (Å²) in [6, 6.07) is 14.1. The normalized spacial score (nSPS) is 15.7. The van der Waals surface area contributed by atoms with Crippen molar-refractivity contribution in [1.29, 1.82) is 0 Å². The molecule has 10 heteroatoms. The first kappa shape index (κ1) is 29.9. The summed E-state index contributed by atoms with van der Waals surface area (Å²) in [6.45, 7) is 8.75. The summed E-state index contributed by atoms with van der Waals surface area (Å²) < 4.78 is 10.8. The Morgan fingerprint density at radius 2 is 1.69 bits per heavy atom. The van der Waals surface area contributed by atoms with Gasteiger partial charge >= 0.3 is 11.9 Å². The van der Waals surface area contributed by atoms with Crippen molar-refractivity contribution in [2.75, 3.05) is 27.3 Å². The number of benzene rings is 2. The summed E-state index contributed by atoms with van der Waals surface area (Å²) in [5.74, 6) is -2.53. The summed E-state index contributed by atoms with van der Waals surface area (Å²) in [4.78, 5) is 40.0. The van der Waals surface area contributed by atoms with Gasteiger partial charge in [-0.3, -0.25) is 10.1 Å². The Labute approximate surface area is 233 Å². The molecular formula is C29H34ClN3O6. The monoisotopic (exact) mass is 555 g/mol. The highest BCUT2D eigenvalue weighted by molar-refractivity contribution is 6.30. The highest BCUT2D eigenvalue weighted by Gasteiger charge is 2.41. The van der Waals surface area contributed by atoms with Gasteiger partial charge in [0.2, 0.25) is 0 Å². The molecule has 0 aliphatic carbocycles. The van der Waals surface area contributed by atoms with Gasteiger partial charge in [-0.1, -0.05) is 55.8 Å². The molecule has 9 nitrogen and oxygen atoms in total. The molecule has 208 valence electrons. The molecule has 1 N–H and O–H groups in total. The summed E-state index contributed by atoms with van der Waals surface area (Å²) >= 11 is 6.22. The minimum Gasteiger partial charge on any atom is -0.466 e. The highest BCUT2D eigenvalue weighted by Crippen LogP contribution is 2.43. The lowest BCUT2D eigenvalue weighted by Crippen LogP contribution is -2.37. The number of hydrogen-bond acceptors (Lipinski definition) is 8. The minimum absolute atomic E-state index is 0.0715. The van der Waals surface area contributed by atoms with Crippen LogP contribution in [0.25, 0.3) is 0 Å². The summed E-state index contributed by atoms with van der Waals surface area (Å²) in [6.07, 6.45) is 0. The number of allylic oxidation sites excluding steroid dienone is 2. The van der Waals surface area contributed by atoms with Gasteiger partial charge in [0.15, 0.2) is 0 Å². The molecule has 1 atom stereocenters. The Bertz CT molecular complexity index is 1320. The molecule has 0 bridgehead atoms. The van der Waals surface area contributed by atoms with E-state index in [1.165, 1.54) is 30.9 Å². The van der Waals surface area contributed by atoms with Crippen molar-refractivity contribution in [1.82, 2.24) is 10.2 Å². The van der Waals surface area contributed by atoms with Gasteiger partial charge in [-0.15, -0.1) is 0 Å². The van der Waals surface area contributed by atoms with Crippen LogP contribution in [0.4, 0.5) is 5.69 Å². The topological polar surface area (TPSA) is 111 Å². The number of esters is 2. The highest BCUT2D eigenvalue weighted by atomic mass is 35.5. The van der Waals surface area contributed by atoms with Crippen LogP contribution in [0.3, 0.4) is 0 Å². The lowest BCUT2D eigenvalue weighted by atomic mass is 9.79. The van der Waals surface area contributed by atoms with Gasteiger partial charge < -0.3 is 19.7 Å². The number of nitro groups is 1. The second-order valence-corrected chi connectivity index (χ2v) is 10.9. The largest absolute Gasteiger partial charge is 0.466 e. The lowest BCUT2D eigenvalue weighted by molar-refractivity contribution is -0.385. The van der Waals surface area contributed by atoms with Crippen molar-refractivity contribution >= 4 is 29.2 Å². The maximum absolute atomic E-state index is 13.6. The van der Waals surface area contributed by atoms with Gasteiger partial charge in [0.05, 0.1) is 35.7 Å². The summed E-state index contributed by atoms with van der Waals surface area (Å²) in [7, 11) is 3.21. The van der Waals surface area contributed by atoms with E-state index < -0.39 is 28.2 Å². The van der Waals surface area contributed by atoms with Crippen LogP contribution >= 0.6 is 11.6 Å². The summed E-state index contributed by atoms with van der Waals surface area (Å²) in [5.41, 5.74) is 1.57. The van der Waals surface area contributed by atoms with Crippen LogP contribution in [-0.4, -0.2) is 49.1 Å². The maximum atomic E-state index is 13.6. The Kier molecular flexibility index (Phi) is 9.53. The summed E-state index contributed by atoms with van der Waals surface area (Å²) in [5, 5.41) is 15.2. The van der Waals surface area contributed by atoms with Crippen molar-refractivity contribution in [2.24, 2.45) is 5.41 Å². The second kappa shape index (κ2) is 12.4. The molecule has 0 aromatic heterocycles. The van der Waals surface area contributed by atoms with Crippen molar-refractivity contribution in [3.05, 3.63) is 97.3 Å². The fraction of sp³-hybridized carbons (Fsp3) is 0.379. The molecule has 2 aromatic rings. The lowest BCUT2D eigenvalue weighted by Gasteiger charge is -2.32. The fourth-order valence-electron chi connectivity index (χ4n) is 4.94. The number of carbonyl (C=O) groups excluding carboxylic acids is 2. The third kappa shape index (κ3) is 7.25. The molecule has 3 rings (SSSR count). The Balaban J connectivity index is 1.91. The van der Waals surface area contributed by atoms with E-state index in [0.717, 1.165) is 6.54 Å². The fourth-order valence-corrected chi connectivity index (χ4v) is 5.13. The second-order valence-electron chi connectivity index (χ2n) is 10.5. The van der Waals surface area contributed by atoms with E-state index in [4.69, 9.17) is 21.1 Å². The molecule has 0 radical (unpaired) electrons. The zero-order valence-corrected chi connectivity index (χ0v) is 23.8. The van der Waals surface area contributed by atoms with E-state index in [1.807, 2.05) is 39.1 Å². The van der Waals surface area contributed by atoms with E-state index in [-0.39, 0.29) is 34.0 Å². The van der Waals surface area contributed by atoms with Crippen molar-refractivity contribution in [3.63, 3.8) is 0 Å². The van der Waals surface area contributed by atoms with Crippen LogP contribution in [0.1, 0.15) is 44.7 Å². The van der Waals surface area contributed by atoms with Crippen LogP contribution in [-0.2, 0) is 25.6 Å². The predicted octanol–water partition coefficient (Wildman–Crippen LogP) is 5.36. The Hall–Kier alpha value is -3.69. The number of halogens is 1. The van der Waals surface area contributed by atoms with Crippen LogP contribution in [0.15, 0.2) is 71.1 Å². The van der Waals surface area contributed by atoms with Crippen molar-refractivity contribution in [3.8, 4) is 0 Å². The van der Waals surface area contributed by atoms with Crippen molar-refractivity contribution in [2.45, 2.75) is 40.2 Å². The predicted molar refractivity (Wildman–Crippen MR) is 149 cm³/mol. The van der Waals surface area contributed by atoms with E-state index in [0.29, 0.717) is 17.9 Å². The van der Waals surface area contributed by atoms with E-state index in [2.05, 4.69) is 22.3 Å². The standard InChI is InChI=1S/C29H34ClN3O6/c1-18-24(27(34)38-6)26(22-14-21(30)12-13-23(22)33(36)37)25(19(2)31-18)28(35)39-17-29(3,4)16-32(5)15-20-10-8-7-9-11-20/h7-14,26,31H,15-17H2,1-6H3. The van der Waals surface area contributed by atoms with Crippen LogP contribution in [0.2, 0.25) is 5.02 Å². The molecule has 2 aromatic carbocycles. The van der Waals surface area contributed by atoms with E-state index in [1.54, 1.807) is 13.8 Å². The van der Waals surface area contributed by atoms with Gasteiger partial charge in [0, 0.05) is 46.6 Å². The molecule has 1 heterocycles. The van der Waals surface area contributed by atoms with Crippen LogP contribution in [0, 0.1) is 15.5 Å². The zero-order chi connectivity index (χ0) is 28.9. The first-order chi connectivity index (χ1) is 18.3. The molecular weight excluding hydrogens is 522 g/mol. The number of methoxy groups -OCH3 is 1. The Morgan fingerprint density at radius 3 is 2.28 bits per heavy atom. The molecule has 1 aliphatic rings. The average molecular weight is 556 g/mol. The molecule has 39 heavy (non-hydrogen) atoms. The van der Waals surface area contributed by atoms with Gasteiger partial charge in [-0.05, 0) is 38.6 Å². The van der Waals surface area contributed by atoms with Gasteiger partial charge in [-0.25, -0.2) is 9.59 Å². The minimum atomic E-state index is -1.12. The number of dihydropyridines is 1. The molecule has 0 fully saturated rings. The number of ether oxygens (including phenoxy) is 2. The first-order valence-corrected chi connectivity index (χ1v) is 12.8. The first-order valence-electron chi connectivity index (χ1n) is 12.4. The van der Waals surface area contributed by atoms with Gasteiger partial charge in [-0.2, -0.15) is 0 Å². The Morgan fingerprint density at radius 1 is 1.08 bits per heavy atom. The number of nitrogens with one attached hydrogen (secondary N) is 1. The average Bonchev–Trinajstić information content (AvgIpc) is 2.86. The zero-order valence-electron chi connectivity index (χ0n) is 23.0. The molecule has 1 aliphatic heterocycles. The maximum Gasteiger partial charge on any atom is 0.336 e.